The Labute approximate surface area is 187 Å². The fourth-order valence-corrected chi connectivity index (χ4v) is 5.87. The first-order valence-electron chi connectivity index (χ1n) is 10.4. The highest BCUT2D eigenvalue weighted by atomic mass is 32.2. The van der Waals surface area contributed by atoms with Crippen LogP contribution in [0.3, 0.4) is 0 Å². The number of aryl methyl sites for hydroxylation is 1. The summed E-state index contributed by atoms with van der Waals surface area (Å²) in [5, 5.41) is 8.23. The molecule has 0 saturated carbocycles. The standard InChI is InChI=1S/C23H26N2O6S/c1-3-21(32(28,29)18-8-7-16(2)17(13-18)14-22(26)27)25-11-9-24(10-12-25)19-5-4-6-20-23(19)31-15-30-20/h3-8,13,21H,1,9-12,14-15H2,2H3,(H,26,27). The Morgan fingerprint density at radius 3 is 2.62 bits per heavy atom. The molecule has 2 aromatic rings. The normalized spacial score (nSPS) is 17.2. The molecule has 32 heavy (non-hydrogen) atoms. The van der Waals surface area contributed by atoms with Gasteiger partial charge in [0.15, 0.2) is 21.3 Å². The van der Waals surface area contributed by atoms with E-state index >= 15 is 0 Å². The number of nitrogens with zero attached hydrogens (tertiary/aromatic N) is 2. The van der Waals surface area contributed by atoms with E-state index in [0.717, 1.165) is 17.0 Å². The number of carbonyl (C=O) groups is 1. The largest absolute Gasteiger partial charge is 0.481 e. The van der Waals surface area contributed by atoms with E-state index in [2.05, 4.69) is 11.5 Å². The molecule has 9 heteroatoms. The number of hydrogen-bond donors (Lipinski definition) is 1. The second-order valence-corrected chi connectivity index (χ2v) is 9.91. The third-order valence-electron chi connectivity index (χ3n) is 5.90. The SMILES string of the molecule is C=CC(N1CCN(c2cccc3c2OCO3)CC1)S(=O)(=O)c1ccc(C)c(CC(=O)O)c1. The minimum absolute atomic E-state index is 0.109. The lowest BCUT2D eigenvalue weighted by atomic mass is 10.1. The van der Waals surface area contributed by atoms with Crippen molar-refractivity contribution in [1.82, 2.24) is 4.90 Å². The van der Waals surface area contributed by atoms with Crippen LogP contribution in [0.15, 0.2) is 53.9 Å². The van der Waals surface area contributed by atoms with Crippen LogP contribution < -0.4 is 14.4 Å². The summed E-state index contributed by atoms with van der Waals surface area (Å²) in [7, 11) is -3.77. The van der Waals surface area contributed by atoms with Gasteiger partial charge < -0.3 is 19.5 Å². The van der Waals surface area contributed by atoms with E-state index in [4.69, 9.17) is 14.6 Å². The van der Waals surface area contributed by atoms with E-state index in [1.54, 1.807) is 13.0 Å². The van der Waals surface area contributed by atoms with Crippen molar-refractivity contribution >= 4 is 21.5 Å². The topological polar surface area (TPSA) is 96.4 Å². The first kappa shape index (κ1) is 22.2. The van der Waals surface area contributed by atoms with Gasteiger partial charge in [-0.3, -0.25) is 9.69 Å². The Morgan fingerprint density at radius 2 is 1.94 bits per heavy atom. The van der Waals surface area contributed by atoms with Crippen molar-refractivity contribution in [3.8, 4) is 11.5 Å². The Morgan fingerprint density at radius 1 is 1.19 bits per heavy atom. The summed E-state index contributed by atoms with van der Waals surface area (Å²) in [6.45, 7) is 8.04. The van der Waals surface area contributed by atoms with Gasteiger partial charge in [-0.15, -0.1) is 6.58 Å². The Kier molecular flexibility index (Phi) is 6.12. The number of piperazine rings is 1. The van der Waals surface area contributed by atoms with Crippen molar-refractivity contribution in [1.29, 1.82) is 0 Å². The number of fused-ring (bicyclic) bond motifs is 1. The van der Waals surface area contributed by atoms with E-state index < -0.39 is 21.2 Å². The number of para-hydroxylation sites is 1. The van der Waals surface area contributed by atoms with Crippen LogP contribution in [0.1, 0.15) is 11.1 Å². The van der Waals surface area contributed by atoms with Crippen LogP contribution in [0.4, 0.5) is 5.69 Å². The Hall–Kier alpha value is -3.04. The van der Waals surface area contributed by atoms with Crippen LogP contribution in [0.5, 0.6) is 11.5 Å². The zero-order chi connectivity index (χ0) is 22.9. The number of hydrogen-bond acceptors (Lipinski definition) is 7. The molecule has 2 aliphatic heterocycles. The predicted molar refractivity (Wildman–Crippen MR) is 120 cm³/mol. The summed E-state index contributed by atoms with van der Waals surface area (Å²) >= 11 is 0. The van der Waals surface area contributed by atoms with Crippen molar-refractivity contribution in [2.45, 2.75) is 23.6 Å². The molecule has 2 aromatic carbocycles. The summed E-state index contributed by atoms with van der Waals surface area (Å²) in [5.74, 6) is 0.438. The number of rotatable bonds is 7. The molecule has 4 rings (SSSR count). The molecule has 0 radical (unpaired) electrons. The summed E-state index contributed by atoms with van der Waals surface area (Å²) < 4.78 is 37.9. The minimum Gasteiger partial charge on any atom is -0.481 e. The molecule has 0 spiro atoms. The number of carboxylic acids is 1. The third kappa shape index (κ3) is 4.18. The van der Waals surface area contributed by atoms with E-state index in [1.165, 1.54) is 18.2 Å². The van der Waals surface area contributed by atoms with E-state index in [0.29, 0.717) is 37.5 Å². The lowest BCUT2D eigenvalue weighted by molar-refractivity contribution is -0.136. The van der Waals surface area contributed by atoms with Crippen molar-refractivity contribution in [3.05, 3.63) is 60.2 Å². The highest BCUT2D eigenvalue weighted by molar-refractivity contribution is 7.92. The second kappa shape index (κ2) is 8.84. The molecule has 0 bridgehead atoms. The number of sulfone groups is 1. The molecule has 8 nitrogen and oxygen atoms in total. The molecule has 0 aliphatic carbocycles. The number of anilines is 1. The van der Waals surface area contributed by atoms with Crippen LogP contribution in [0.2, 0.25) is 0 Å². The Bertz CT molecular complexity index is 1140. The van der Waals surface area contributed by atoms with Gasteiger partial charge in [-0.1, -0.05) is 18.2 Å². The second-order valence-electron chi connectivity index (χ2n) is 7.86. The van der Waals surface area contributed by atoms with Crippen molar-refractivity contribution < 1.29 is 27.8 Å². The van der Waals surface area contributed by atoms with E-state index in [1.807, 2.05) is 23.1 Å². The lowest BCUT2D eigenvalue weighted by Crippen LogP contribution is -2.52. The van der Waals surface area contributed by atoms with E-state index in [9.17, 15) is 13.2 Å². The highest BCUT2D eigenvalue weighted by Gasteiger charge is 2.34. The molecule has 1 atom stereocenters. The number of ether oxygens (including phenoxy) is 2. The van der Waals surface area contributed by atoms with Gasteiger partial charge >= 0.3 is 5.97 Å². The molecule has 1 fully saturated rings. The van der Waals surface area contributed by atoms with Crippen LogP contribution in [0.25, 0.3) is 0 Å². The van der Waals surface area contributed by atoms with Crippen molar-refractivity contribution in [2.75, 3.05) is 37.9 Å². The van der Waals surface area contributed by atoms with Gasteiger partial charge in [0.2, 0.25) is 6.79 Å². The number of benzene rings is 2. The number of aliphatic carboxylic acids is 1. The molecule has 2 heterocycles. The van der Waals surface area contributed by atoms with Crippen LogP contribution in [-0.4, -0.2) is 62.7 Å². The molecular weight excluding hydrogens is 432 g/mol. The maximum absolute atomic E-state index is 13.4. The quantitative estimate of drug-likeness (QED) is 0.632. The molecule has 0 aromatic heterocycles. The first-order valence-corrected chi connectivity index (χ1v) is 11.9. The zero-order valence-corrected chi connectivity index (χ0v) is 18.7. The van der Waals surface area contributed by atoms with Crippen LogP contribution in [-0.2, 0) is 21.1 Å². The lowest BCUT2D eigenvalue weighted by Gasteiger charge is -2.39. The number of carboxylic acid groups (broad SMARTS) is 1. The maximum Gasteiger partial charge on any atom is 0.307 e. The molecule has 170 valence electrons. The van der Waals surface area contributed by atoms with Crippen molar-refractivity contribution in [3.63, 3.8) is 0 Å². The third-order valence-corrected chi connectivity index (χ3v) is 7.94. The predicted octanol–water partition coefficient (Wildman–Crippen LogP) is 2.46. The summed E-state index contributed by atoms with van der Waals surface area (Å²) in [6, 6.07) is 10.4. The highest BCUT2D eigenvalue weighted by Crippen LogP contribution is 2.41. The van der Waals surface area contributed by atoms with Gasteiger partial charge in [-0.25, -0.2) is 8.42 Å². The molecule has 0 amide bonds. The first-order chi connectivity index (χ1) is 15.3. The smallest absolute Gasteiger partial charge is 0.307 e. The fourth-order valence-electron chi connectivity index (χ4n) is 4.17. The van der Waals surface area contributed by atoms with Gasteiger partial charge in [-0.05, 0) is 42.3 Å². The minimum atomic E-state index is -3.77. The average Bonchev–Trinajstić information content (AvgIpc) is 3.25. The van der Waals surface area contributed by atoms with Crippen molar-refractivity contribution in [2.24, 2.45) is 0 Å². The summed E-state index contributed by atoms with van der Waals surface area (Å²) in [5.41, 5.74) is 2.18. The average molecular weight is 459 g/mol. The molecule has 2 aliphatic rings. The molecule has 1 N–H and O–H groups in total. The van der Waals surface area contributed by atoms with Crippen LogP contribution in [0, 0.1) is 6.92 Å². The maximum atomic E-state index is 13.4. The monoisotopic (exact) mass is 458 g/mol. The van der Waals surface area contributed by atoms with Crippen LogP contribution >= 0.6 is 0 Å². The van der Waals surface area contributed by atoms with Gasteiger partial charge in [0.25, 0.3) is 0 Å². The van der Waals surface area contributed by atoms with Gasteiger partial charge in [-0.2, -0.15) is 0 Å². The zero-order valence-electron chi connectivity index (χ0n) is 17.9. The molecule has 1 saturated heterocycles. The summed E-state index contributed by atoms with van der Waals surface area (Å²) in [6.07, 6.45) is 1.22. The fraction of sp³-hybridized carbons (Fsp3) is 0.348. The Balaban J connectivity index is 1.52. The van der Waals surface area contributed by atoms with Gasteiger partial charge in [0.1, 0.15) is 5.37 Å². The van der Waals surface area contributed by atoms with Gasteiger partial charge in [0, 0.05) is 26.2 Å². The molecule has 1 unspecified atom stereocenters. The molecular formula is C23H26N2O6S. The van der Waals surface area contributed by atoms with E-state index in [-0.39, 0.29) is 18.1 Å². The van der Waals surface area contributed by atoms with Gasteiger partial charge in [0.05, 0.1) is 17.0 Å². The summed E-state index contributed by atoms with van der Waals surface area (Å²) in [4.78, 5) is 15.3.